The van der Waals surface area contributed by atoms with Crippen molar-refractivity contribution in [3.63, 3.8) is 0 Å². The Morgan fingerprint density at radius 3 is 2.64 bits per heavy atom. The normalized spacial score (nSPS) is 13.4. The van der Waals surface area contributed by atoms with Gasteiger partial charge in [0.25, 0.3) is 0 Å². The van der Waals surface area contributed by atoms with Gasteiger partial charge in [-0.25, -0.2) is 0 Å². The molecule has 0 aliphatic heterocycles. The molecule has 0 bridgehead atoms. The fourth-order valence-corrected chi connectivity index (χ4v) is 1.32. The molecular weight excluding hydrogens is 172 g/mol. The predicted molar refractivity (Wildman–Crippen MR) is 53.9 cm³/mol. The Labute approximate surface area is 83.8 Å². The van der Waals surface area contributed by atoms with Crippen LogP contribution in [0.1, 0.15) is 19.8 Å². The van der Waals surface area contributed by atoms with E-state index in [1.54, 1.807) is 0 Å². The highest BCUT2D eigenvalue weighted by Crippen LogP contribution is 2.26. The Morgan fingerprint density at radius 2 is 2.07 bits per heavy atom. The lowest BCUT2D eigenvalue weighted by Gasteiger charge is -1.88. The second kappa shape index (κ2) is 4.87. The van der Waals surface area contributed by atoms with Crippen molar-refractivity contribution in [2.45, 2.75) is 19.8 Å². The van der Waals surface area contributed by atoms with Crippen LogP contribution in [0.15, 0.2) is 40.7 Å². The second-order valence-electron chi connectivity index (χ2n) is 2.94. The standard InChI is InChI=1S/C12H10N2/c1-2-3-4-10-5-6-11(7-10)12(8-13)9-14/h2,4,7H,5-6H2,1H3. The van der Waals surface area contributed by atoms with Crippen molar-refractivity contribution >= 4 is 0 Å². The summed E-state index contributed by atoms with van der Waals surface area (Å²) in [6.45, 7) is 1.90. The molecule has 0 N–H and O–H groups in total. The molecular formula is C12H10N2. The van der Waals surface area contributed by atoms with Gasteiger partial charge >= 0.3 is 0 Å². The van der Waals surface area contributed by atoms with Crippen LogP contribution in [0.4, 0.5) is 0 Å². The maximum absolute atomic E-state index is 8.66. The molecule has 0 aromatic heterocycles. The van der Waals surface area contributed by atoms with E-state index in [0.717, 1.165) is 24.0 Å². The molecule has 0 radical (unpaired) electrons. The molecule has 1 rings (SSSR count). The molecule has 2 heteroatoms. The number of hydrogen-bond acceptors (Lipinski definition) is 2. The van der Waals surface area contributed by atoms with Crippen molar-refractivity contribution in [1.82, 2.24) is 0 Å². The minimum Gasteiger partial charge on any atom is -0.192 e. The van der Waals surface area contributed by atoms with Gasteiger partial charge in [-0.05, 0) is 43.1 Å². The fourth-order valence-electron chi connectivity index (χ4n) is 1.32. The quantitative estimate of drug-likeness (QED) is 0.462. The van der Waals surface area contributed by atoms with Gasteiger partial charge < -0.3 is 0 Å². The number of allylic oxidation sites excluding steroid dienone is 5. The van der Waals surface area contributed by atoms with Gasteiger partial charge in [-0.1, -0.05) is 6.08 Å². The predicted octanol–water partition coefficient (Wildman–Crippen LogP) is 2.78. The van der Waals surface area contributed by atoms with Crippen LogP contribution in [0.25, 0.3) is 0 Å². The van der Waals surface area contributed by atoms with Crippen molar-refractivity contribution in [2.75, 3.05) is 0 Å². The van der Waals surface area contributed by atoms with E-state index in [1.165, 1.54) is 0 Å². The molecule has 0 saturated carbocycles. The molecule has 0 spiro atoms. The van der Waals surface area contributed by atoms with Crippen LogP contribution in [0.3, 0.4) is 0 Å². The Hall–Kier alpha value is -2.02. The SMILES string of the molecule is CC=C=CC1=CC(=C(C#N)C#N)CC1. The van der Waals surface area contributed by atoms with E-state index >= 15 is 0 Å². The smallest absolute Gasteiger partial charge is 0.132 e. The van der Waals surface area contributed by atoms with Crippen LogP contribution in [0.5, 0.6) is 0 Å². The minimum absolute atomic E-state index is 0.230. The Bertz CT molecular complexity index is 414. The summed E-state index contributed by atoms with van der Waals surface area (Å²) < 4.78 is 0. The van der Waals surface area contributed by atoms with Gasteiger partial charge in [-0.2, -0.15) is 10.5 Å². The maximum atomic E-state index is 8.66. The molecule has 0 aromatic rings. The summed E-state index contributed by atoms with van der Waals surface area (Å²) in [4.78, 5) is 0. The first-order valence-electron chi connectivity index (χ1n) is 4.43. The molecule has 0 fully saturated rings. The van der Waals surface area contributed by atoms with E-state index in [1.807, 2.05) is 37.3 Å². The molecule has 68 valence electrons. The summed E-state index contributed by atoms with van der Waals surface area (Å²) >= 11 is 0. The highest BCUT2D eigenvalue weighted by atomic mass is 14.3. The fraction of sp³-hybridized carbons (Fsp3) is 0.250. The summed E-state index contributed by atoms with van der Waals surface area (Å²) in [6.07, 6.45) is 7.30. The molecule has 0 atom stereocenters. The number of hydrogen-bond donors (Lipinski definition) is 0. The van der Waals surface area contributed by atoms with Gasteiger partial charge in [0.15, 0.2) is 0 Å². The molecule has 1 aliphatic rings. The van der Waals surface area contributed by atoms with Crippen molar-refractivity contribution in [3.8, 4) is 12.1 Å². The summed E-state index contributed by atoms with van der Waals surface area (Å²) in [5, 5.41) is 17.3. The van der Waals surface area contributed by atoms with Crippen LogP contribution >= 0.6 is 0 Å². The first-order chi connectivity index (χ1) is 6.81. The van der Waals surface area contributed by atoms with E-state index < -0.39 is 0 Å². The van der Waals surface area contributed by atoms with Crippen molar-refractivity contribution in [3.05, 3.63) is 40.7 Å². The van der Waals surface area contributed by atoms with Gasteiger partial charge in [0.05, 0.1) is 0 Å². The van der Waals surface area contributed by atoms with E-state index in [0.29, 0.717) is 0 Å². The first kappa shape index (κ1) is 10.1. The van der Waals surface area contributed by atoms with E-state index in [2.05, 4.69) is 5.73 Å². The zero-order valence-corrected chi connectivity index (χ0v) is 8.04. The lowest BCUT2D eigenvalue weighted by Crippen LogP contribution is -1.79. The third-order valence-electron chi connectivity index (χ3n) is 2.02. The lowest BCUT2D eigenvalue weighted by molar-refractivity contribution is 1.03. The third kappa shape index (κ3) is 2.23. The maximum Gasteiger partial charge on any atom is 0.132 e. The van der Waals surface area contributed by atoms with Gasteiger partial charge in [-0.3, -0.25) is 0 Å². The minimum atomic E-state index is 0.230. The highest BCUT2D eigenvalue weighted by molar-refractivity contribution is 5.49. The van der Waals surface area contributed by atoms with Gasteiger partial charge in [0.1, 0.15) is 17.7 Å². The highest BCUT2D eigenvalue weighted by Gasteiger charge is 2.11. The van der Waals surface area contributed by atoms with Gasteiger partial charge in [-0.15, -0.1) is 5.73 Å². The molecule has 14 heavy (non-hydrogen) atoms. The van der Waals surface area contributed by atoms with Crippen LogP contribution in [-0.4, -0.2) is 0 Å². The summed E-state index contributed by atoms with van der Waals surface area (Å²) in [6, 6.07) is 3.80. The monoisotopic (exact) mass is 182 g/mol. The first-order valence-corrected chi connectivity index (χ1v) is 4.43. The summed E-state index contributed by atoms with van der Waals surface area (Å²) in [7, 11) is 0. The Kier molecular flexibility index (Phi) is 3.50. The van der Waals surface area contributed by atoms with Crippen molar-refractivity contribution in [1.29, 1.82) is 10.5 Å². The molecule has 0 saturated heterocycles. The third-order valence-corrected chi connectivity index (χ3v) is 2.02. The van der Waals surface area contributed by atoms with Crippen molar-refractivity contribution < 1.29 is 0 Å². The Morgan fingerprint density at radius 1 is 1.36 bits per heavy atom. The topological polar surface area (TPSA) is 47.6 Å². The number of nitrogens with zero attached hydrogens (tertiary/aromatic N) is 2. The lowest BCUT2D eigenvalue weighted by atomic mass is 10.1. The van der Waals surface area contributed by atoms with Crippen molar-refractivity contribution in [2.24, 2.45) is 0 Å². The van der Waals surface area contributed by atoms with E-state index in [4.69, 9.17) is 10.5 Å². The second-order valence-corrected chi connectivity index (χ2v) is 2.94. The zero-order valence-electron chi connectivity index (χ0n) is 8.04. The van der Waals surface area contributed by atoms with Gasteiger partial charge in [0, 0.05) is 0 Å². The molecule has 0 unspecified atom stereocenters. The molecule has 2 nitrogen and oxygen atoms in total. The summed E-state index contributed by atoms with van der Waals surface area (Å²) in [5.74, 6) is 0. The Balaban J connectivity index is 2.99. The molecule has 1 aliphatic carbocycles. The average Bonchev–Trinajstić information content (AvgIpc) is 2.65. The molecule has 0 amide bonds. The van der Waals surface area contributed by atoms with E-state index in [9.17, 15) is 0 Å². The van der Waals surface area contributed by atoms with Crippen LogP contribution in [0.2, 0.25) is 0 Å². The number of rotatable bonds is 1. The van der Waals surface area contributed by atoms with E-state index in [-0.39, 0.29) is 5.57 Å². The summed E-state index contributed by atoms with van der Waals surface area (Å²) in [5.41, 5.74) is 5.18. The number of nitriles is 2. The van der Waals surface area contributed by atoms with Crippen LogP contribution < -0.4 is 0 Å². The zero-order chi connectivity index (χ0) is 10.4. The molecule has 0 aromatic carbocycles. The van der Waals surface area contributed by atoms with Crippen LogP contribution in [-0.2, 0) is 0 Å². The van der Waals surface area contributed by atoms with Crippen LogP contribution in [0, 0.1) is 22.7 Å². The largest absolute Gasteiger partial charge is 0.192 e. The average molecular weight is 182 g/mol. The van der Waals surface area contributed by atoms with Gasteiger partial charge in [0.2, 0.25) is 0 Å². The molecule has 0 heterocycles.